The standard InChI is InChI=1S/C14H21ClN2O2/c1-10(2)9-19-7-3-6-17-14(18)11-4-5-13(16)12(15)8-11/h4-5,8,10H,3,6-7,9,16H2,1-2H3,(H,17,18). The zero-order valence-corrected chi connectivity index (χ0v) is 12.2. The highest BCUT2D eigenvalue weighted by Gasteiger charge is 2.06. The summed E-state index contributed by atoms with van der Waals surface area (Å²) in [5.41, 5.74) is 6.58. The first kappa shape index (κ1) is 15.8. The molecule has 0 spiro atoms. The van der Waals surface area contributed by atoms with Crippen LogP contribution in [0, 0.1) is 5.92 Å². The van der Waals surface area contributed by atoms with Crippen molar-refractivity contribution >= 4 is 23.2 Å². The van der Waals surface area contributed by atoms with Gasteiger partial charge in [-0.05, 0) is 30.5 Å². The fourth-order valence-corrected chi connectivity index (χ4v) is 1.65. The van der Waals surface area contributed by atoms with E-state index in [0.29, 0.717) is 35.3 Å². The first-order chi connectivity index (χ1) is 9.00. The Morgan fingerprint density at radius 1 is 1.47 bits per heavy atom. The van der Waals surface area contributed by atoms with Gasteiger partial charge in [-0.2, -0.15) is 0 Å². The summed E-state index contributed by atoms with van der Waals surface area (Å²) >= 11 is 5.87. The van der Waals surface area contributed by atoms with Gasteiger partial charge >= 0.3 is 0 Å². The minimum atomic E-state index is -0.147. The molecule has 19 heavy (non-hydrogen) atoms. The molecule has 0 unspecified atom stereocenters. The molecule has 3 N–H and O–H groups in total. The molecule has 0 radical (unpaired) electrons. The molecule has 5 heteroatoms. The van der Waals surface area contributed by atoms with Gasteiger partial charge in [0.15, 0.2) is 0 Å². The van der Waals surface area contributed by atoms with Crippen LogP contribution in [0.15, 0.2) is 18.2 Å². The highest BCUT2D eigenvalue weighted by atomic mass is 35.5. The van der Waals surface area contributed by atoms with Crippen LogP contribution in [0.5, 0.6) is 0 Å². The van der Waals surface area contributed by atoms with Crippen molar-refractivity contribution in [1.29, 1.82) is 0 Å². The number of hydrogen-bond donors (Lipinski definition) is 2. The Morgan fingerprint density at radius 2 is 2.21 bits per heavy atom. The summed E-state index contributed by atoms with van der Waals surface area (Å²) < 4.78 is 5.43. The number of benzene rings is 1. The average Bonchev–Trinajstić information content (AvgIpc) is 2.36. The fraction of sp³-hybridized carbons (Fsp3) is 0.500. The van der Waals surface area contributed by atoms with Gasteiger partial charge in [0.1, 0.15) is 0 Å². The normalized spacial score (nSPS) is 10.7. The van der Waals surface area contributed by atoms with Gasteiger partial charge in [0.05, 0.1) is 10.7 Å². The lowest BCUT2D eigenvalue weighted by Crippen LogP contribution is -2.25. The second-order valence-corrected chi connectivity index (χ2v) is 5.22. The average molecular weight is 285 g/mol. The van der Waals surface area contributed by atoms with Crippen LogP contribution in [0.1, 0.15) is 30.6 Å². The van der Waals surface area contributed by atoms with E-state index in [1.807, 2.05) is 0 Å². The molecule has 1 aromatic carbocycles. The summed E-state index contributed by atoms with van der Waals surface area (Å²) in [6.07, 6.45) is 0.793. The van der Waals surface area contributed by atoms with E-state index in [9.17, 15) is 4.79 Å². The van der Waals surface area contributed by atoms with Gasteiger partial charge in [-0.1, -0.05) is 25.4 Å². The van der Waals surface area contributed by atoms with Crippen LogP contribution in [-0.2, 0) is 4.74 Å². The van der Waals surface area contributed by atoms with E-state index in [4.69, 9.17) is 22.1 Å². The molecule has 0 heterocycles. The van der Waals surface area contributed by atoms with Gasteiger partial charge in [0.2, 0.25) is 0 Å². The van der Waals surface area contributed by atoms with Crippen LogP contribution in [0.2, 0.25) is 5.02 Å². The van der Waals surface area contributed by atoms with Crippen molar-refractivity contribution in [3.05, 3.63) is 28.8 Å². The fourth-order valence-electron chi connectivity index (χ4n) is 1.47. The Bertz CT molecular complexity index is 422. The Balaban J connectivity index is 2.26. The zero-order chi connectivity index (χ0) is 14.3. The molecule has 0 aromatic heterocycles. The Morgan fingerprint density at radius 3 is 2.84 bits per heavy atom. The van der Waals surface area contributed by atoms with Crippen molar-refractivity contribution in [2.75, 3.05) is 25.5 Å². The van der Waals surface area contributed by atoms with Crippen molar-refractivity contribution in [1.82, 2.24) is 5.32 Å². The topological polar surface area (TPSA) is 64.3 Å². The molecule has 0 saturated carbocycles. The molecular formula is C14H21ClN2O2. The molecule has 1 amide bonds. The Kier molecular flexibility index (Phi) is 6.67. The van der Waals surface area contributed by atoms with E-state index in [0.717, 1.165) is 13.0 Å². The van der Waals surface area contributed by atoms with Crippen molar-refractivity contribution in [3.63, 3.8) is 0 Å². The van der Waals surface area contributed by atoms with Crippen LogP contribution < -0.4 is 11.1 Å². The lowest BCUT2D eigenvalue weighted by Gasteiger charge is -2.08. The number of anilines is 1. The summed E-state index contributed by atoms with van der Waals surface area (Å²) in [6, 6.07) is 4.86. The second kappa shape index (κ2) is 8.02. The number of carbonyl (C=O) groups is 1. The monoisotopic (exact) mass is 284 g/mol. The van der Waals surface area contributed by atoms with E-state index in [-0.39, 0.29) is 5.91 Å². The SMILES string of the molecule is CC(C)COCCCNC(=O)c1ccc(N)c(Cl)c1. The van der Waals surface area contributed by atoms with E-state index in [1.165, 1.54) is 0 Å². The first-order valence-electron chi connectivity index (χ1n) is 6.41. The van der Waals surface area contributed by atoms with Gasteiger partial charge in [0.25, 0.3) is 5.91 Å². The molecule has 0 aliphatic carbocycles. The molecule has 0 aliphatic rings. The third-order valence-electron chi connectivity index (χ3n) is 2.46. The number of amides is 1. The van der Waals surface area contributed by atoms with E-state index in [2.05, 4.69) is 19.2 Å². The molecule has 1 rings (SSSR count). The van der Waals surface area contributed by atoms with Gasteiger partial charge in [0, 0.05) is 25.3 Å². The first-order valence-corrected chi connectivity index (χ1v) is 6.79. The molecule has 106 valence electrons. The van der Waals surface area contributed by atoms with Gasteiger partial charge in [-0.3, -0.25) is 4.79 Å². The lowest BCUT2D eigenvalue weighted by molar-refractivity contribution is 0.0925. The van der Waals surface area contributed by atoms with Crippen LogP contribution in [0.3, 0.4) is 0 Å². The highest BCUT2D eigenvalue weighted by Crippen LogP contribution is 2.19. The molecule has 1 aromatic rings. The largest absolute Gasteiger partial charge is 0.398 e. The molecule has 0 saturated heterocycles. The number of hydrogen-bond acceptors (Lipinski definition) is 3. The van der Waals surface area contributed by atoms with Gasteiger partial charge in [-0.25, -0.2) is 0 Å². The van der Waals surface area contributed by atoms with Gasteiger partial charge < -0.3 is 15.8 Å². The van der Waals surface area contributed by atoms with Crippen molar-refractivity contribution in [2.24, 2.45) is 5.92 Å². The quantitative estimate of drug-likeness (QED) is 0.598. The van der Waals surface area contributed by atoms with E-state index < -0.39 is 0 Å². The summed E-state index contributed by atoms with van der Waals surface area (Å²) in [5, 5.41) is 3.21. The summed E-state index contributed by atoms with van der Waals surface area (Å²) in [5.74, 6) is 0.386. The second-order valence-electron chi connectivity index (χ2n) is 4.81. The number of nitrogens with one attached hydrogen (secondary N) is 1. The molecule has 0 bridgehead atoms. The van der Waals surface area contributed by atoms with Gasteiger partial charge in [-0.15, -0.1) is 0 Å². The number of ether oxygens (including phenoxy) is 1. The summed E-state index contributed by atoms with van der Waals surface area (Å²) in [4.78, 5) is 11.8. The maximum atomic E-state index is 11.8. The molecule has 4 nitrogen and oxygen atoms in total. The molecule has 0 atom stereocenters. The predicted molar refractivity (Wildman–Crippen MR) is 78.5 cm³/mol. The number of nitrogen functional groups attached to an aromatic ring is 1. The predicted octanol–water partition coefficient (Wildman–Crippen LogP) is 2.71. The number of rotatable bonds is 7. The van der Waals surface area contributed by atoms with Crippen molar-refractivity contribution < 1.29 is 9.53 Å². The summed E-state index contributed by atoms with van der Waals surface area (Å²) in [6.45, 7) is 6.20. The highest BCUT2D eigenvalue weighted by molar-refractivity contribution is 6.33. The minimum Gasteiger partial charge on any atom is -0.398 e. The molecular weight excluding hydrogens is 264 g/mol. The van der Waals surface area contributed by atoms with E-state index in [1.54, 1.807) is 18.2 Å². The lowest BCUT2D eigenvalue weighted by atomic mass is 10.2. The Hall–Kier alpha value is -1.26. The van der Waals surface area contributed by atoms with Crippen molar-refractivity contribution in [2.45, 2.75) is 20.3 Å². The number of nitrogens with two attached hydrogens (primary N) is 1. The van der Waals surface area contributed by atoms with Crippen LogP contribution >= 0.6 is 11.6 Å². The third-order valence-corrected chi connectivity index (χ3v) is 2.79. The number of carbonyl (C=O) groups excluding carboxylic acids is 1. The maximum absolute atomic E-state index is 11.8. The maximum Gasteiger partial charge on any atom is 0.251 e. The van der Waals surface area contributed by atoms with Crippen LogP contribution in [-0.4, -0.2) is 25.7 Å². The smallest absolute Gasteiger partial charge is 0.251 e. The Labute approximate surface area is 119 Å². The van der Waals surface area contributed by atoms with Crippen LogP contribution in [0.25, 0.3) is 0 Å². The molecule has 0 fully saturated rings. The zero-order valence-electron chi connectivity index (χ0n) is 11.4. The third kappa shape index (κ3) is 5.94. The van der Waals surface area contributed by atoms with E-state index >= 15 is 0 Å². The van der Waals surface area contributed by atoms with Crippen molar-refractivity contribution in [3.8, 4) is 0 Å². The number of halogens is 1. The molecule has 0 aliphatic heterocycles. The minimum absolute atomic E-state index is 0.147. The summed E-state index contributed by atoms with van der Waals surface area (Å²) in [7, 11) is 0. The van der Waals surface area contributed by atoms with Crippen LogP contribution in [0.4, 0.5) is 5.69 Å².